The molecule has 2 aromatic rings. The highest BCUT2D eigenvalue weighted by atomic mass is 79.9. The van der Waals surface area contributed by atoms with Gasteiger partial charge in [-0.15, -0.1) is 0 Å². The number of ether oxygens (including phenoxy) is 1. The summed E-state index contributed by atoms with van der Waals surface area (Å²) in [5, 5.41) is 3.46. The predicted octanol–water partition coefficient (Wildman–Crippen LogP) is 1.48. The van der Waals surface area contributed by atoms with Gasteiger partial charge in [-0.3, -0.25) is 9.59 Å². The first-order valence-electron chi connectivity index (χ1n) is 10.3. The molecule has 5 rings (SSSR count). The number of aromatic nitrogens is 1. The van der Waals surface area contributed by atoms with E-state index in [0.29, 0.717) is 21.3 Å². The molecule has 3 aliphatic rings. The van der Waals surface area contributed by atoms with Gasteiger partial charge in [-0.25, -0.2) is 8.42 Å². The van der Waals surface area contributed by atoms with Crippen LogP contribution in [0.1, 0.15) is 36.2 Å². The molecule has 0 radical (unpaired) electrons. The zero-order valence-corrected chi connectivity index (χ0v) is 19.1. The maximum atomic E-state index is 13.6. The van der Waals surface area contributed by atoms with Crippen LogP contribution in [0.4, 0.5) is 0 Å². The molecule has 4 N–H and O–H groups in total. The Hall–Kier alpha value is -1.95. The van der Waals surface area contributed by atoms with Gasteiger partial charge in [0, 0.05) is 34.0 Å². The topological polar surface area (TPSA) is 135 Å². The molecule has 3 fully saturated rings. The van der Waals surface area contributed by atoms with Crippen molar-refractivity contribution in [2.45, 2.75) is 42.2 Å². The largest absolute Gasteiger partial charge is 0.366 e. The number of halogens is 1. The molecule has 2 amide bonds. The Morgan fingerprint density at radius 2 is 2.03 bits per heavy atom. The van der Waals surface area contributed by atoms with E-state index in [9.17, 15) is 18.0 Å². The number of hydrogen-bond acceptors (Lipinski definition) is 5. The second-order valence-corrected chi connectivity index (χ2v) is 11.3. The van der Waals surface area contributed by atoms with Gasteiger partial charge < -0.3 is 20.8 Å². The van der Waals surface area contributed by atoms with Crippen LogP contribution in [0.15, 0.2) is 27.6 Å². The van der Waals surface area contributed by atoms with Crippen molar-refractivity contribution in [2.75, 3.05) is 19.7 Å². The van der Waals surface area contributed by atoms with Crippen LogP contribution in [0.25, 0.3) is 10.9 Å². The highest BCUT2D eigenvalue weighted by Gasteiger charge is 2.55. The smallest absolute Gasteiger partial charge is 0.266 e. The molecule has 0 bridgehead atoms. The number of carbonyl (C=O) groups excluding carboxylic acids is 2. The Balaban J connectivity index is 1.44. The van der Waals surface area contributed by atoms with E-state index in [1.165, 1.54) is 4.31 Å². The van der Waals surface area contributed by atoms with E-state index in [1.54, 1.807) is 18.2 Å². The van der Waals surface area contributed by atoms with Gasteiger partial charge in [0.05, 0.1) is 6.61 Å². The standard InChI is InChI=1S/C20H23BrN4O5S/c21-12-3-4-14-13(9-12)17(16(23-14)18(22)26)31(28,29)25-7-8-30-15(10-25)19(27)24-20(5-6-20)11-1-2-11/h3-4,9,11,15,23H,1-2,5-8,10H2,(H2,22,26)(H,24,27). The van der Waals surface area contributed by atoms with Crippen molar-refractivity contribution < 1.29 is 22.7 Å². The van der Waals surface area contributed by atoms with Crippen molar-refractivity contribution in [2.24, 2.45) is 11.7 Å². The number of nitrogens with one attached hydrogen (secondary N) is 2. The average molecular weight is 511 g/mol. The summed E-state index contributed by atoms with van der Waals surface area (Å²) in [6.45, 7) is 0.0538. The summed E-state index contributed by atoms with van der Waals surface area (Å²) >= 11 is 3.34. The molecule has 2 saturated carbocycles. The minimum Gasteiger partial charge on any atom is -0.366 e. The quantitative estimate of drug-likeness (QED) is 0.540. The molecule has 1 unspecified atom stereocenters. The Bertz CT molecular complexity index is 1190. The first-order valence-corrected chi connectivity index (χ1v) is 12.5. The first-order chi connectivity index (χ1) is 14.7. The van der Waals surface area contributed by atoms with Crippen molar-refractivity contribution in [3.63, 3.8) is 0 Å². The number of hydrogen-bond donors (Lipinski definition) is 3. The zero-order chi connectivity index (χ0) is 22.0. The molecule has 1 aromatic heterocycles. The maximum absolute atomic E-state index is 13.6. The van der Waals surface area contributed by atoms with Gasteiger partial charge >= 0.3 is 0 Å². The van der Waals surface area contributed by atoms with Crippen LogP contribution in [-0.2, 0) is 19.6 Å². The molecule has 1 aliphatic heterocycles. The van der Waals surface area contributed by atoms with Crippen LogP contribution in [-0.4, -0.2) is 60.9 Å². The maximum Gasteiger partial charge on any atom is 0.266 e. The Labute approximate surface area is 187 Å². The summed E-state index contributed by atoms with van der Waals surface area (Å²) in [7, 11) is -4.12. The number of nitrogens with zero attached hydrogens (tertiary/aromatic N) is 1. The van der Waals surface area contributed by atoms with Gasteiger partial charge in [-0.2, -0.15) is 4.31 Å². The van der Waals surface area contributed by atoms with Gasteiger partial charge in [0.25, 0.3) is 11.8 Å². The fourth-order valence-corrected chi connectivity index (χ4v) is 6.57. The van der Waals surface area contributed by atoms with Crippen molar-refractivity contribution >= 4 is 48.7 Å². The highest BCUT2D eigenvalue weighted by molar-refractivity contribution is 9.10. The van der Waals surface area contributed by atoms with E-state index in [4.69, 9.17) is 10.5 Å². The Morgan fingerprint density at radius 1 is 1.29 bits per heavy atom. The molecule has 1 saturated heterocycles. The van der Waals surface area contributed by atoms with Crippen LogP contribution in [0, 0.1) is 5.92 Å². The lowest BCUT2D eigenvalue weighted by molar-refractivity contribution is -0.137. The van der Waals surface area contributed by atoms with Crippen molar-refractivity contribution in [3.8, 4) is 0 Å². The number of benzene rings is 1. The number of amides is 2. The van der Waals surface area contributed by atoms with Gasteiger partial charge in [0.1, 0.15) is 16.7 Å². The number of H-pyrrole nitrogens is 1. The summed E-state index contributed by atoms with van der Waals surface area (Å²) < 4.78 is 34.6. The molecule has 166 valence electrons. The van der Waals surface area contributed by atoms with E-state index < -0.39 is 22.0 Å². The highest BCUT2D eigenvalue weighted by Crippen LogP contribution is 2.53. The van der Waals surface area contributed by atoms with Crippen LogP contribution in [0.5, 0.6) is 0 Å². The number of sulfonamides is 1. The van der Waals surface area contributed by atoms with Crippen LogP contribution in [0.3, 0.4) is 0 Å². The van der Waals surface area contributed by atoms with Crippen molar-refractivity contribution in [3.05, 3.63) is 28.4 Å². The molecule has 9 nitrogen and oxygen atoms in total. The third-order valence-corrected chi connectivity index (χ3v) is 8.84. The van der Waals surface area contributed by atoms with E-state index in [1.807, 2.05) is 0 Å². The number of carbonyl (C=O) groups is 2. The summed E-state index contributed by atoms with van der Waals surface area (Å²) in [6.07, 6.45) is 3.28. The predicted molar refractivity (Wildman–Crippen MR) is 116 cm³/mol. The lowest BCUT2D eigenvalue weighted by Crippen LogP contribution is -2.54. The number of primary amides is 1. The van der Waals surface area contributed by atoms with E-state index in [-0.39, 0.29) is 41.7 Å². The molecular formula is C20H23BrN4O5S. The van der Waals surface area contributed by atoms with Gasteiger partial charge in [-0.1, -0.05) is 15.9 Å². The average Bonchev–Trinajstić information content (AvgIpc) is 3.65. The fraction of sp³-hybridized carbons (Fsp3) is 0.500. The molecule has 2 aliphatic carbocycles. The molecule has 2 heterocycles. The lowest BCUT2D eigenvalue weighted by Gasteiger charge is -2.32. The van der Waals surface area contributed by atoms with Crippen LogP contribution >= 0.6 is 15.9 Å². The second-order valence-electron chi connectivity index (χ2n) is 8.53. The third-order valence-electron chi connectivity index (χ3n) is 6.40. The summed E-state index contributed by atoms with van der Waals surface area (Å²) in [5.41, 5.74) is 5.66. The number of fused-ring (bicyclic) bond motifs is 1. The van der Waals surface area contributed by atoms with Crippen molar-refractivity contribution in [1.29, 1.82) is 0 Å². The van der Waals surface area contributed by atoms with E-state index in [0.717, 1.165) is 25.7 Å². The number of rotatable bonds is 6. The first kappa shape index (κ1) is 20.9. The SMILES string of the molecule is NC(=O)c1[nH]c2ccc(Br)cc2c1S(=O)(=O)N1CCOC(C(=O)NC2(C3CC3)CC2)C1. The third kappa shape index (κ3) is 3.67. The fourth-order valence-electron chi connectivity index (χ4n) is 4.44. The molecule has 1 atom stereocenters. The molecule has 31 heavy (non-hydrogen) atoms. The van der Waals surface area contributed by atoms with Gasteiger partial charge in [0.2, 0.25) is 10.0 Å². The second kappa shape index (κ2) is 7.29. The van der Waals surface area contributed by atoms with E-state index >= 15 is 0 Å². The van der Waals surface area contributed by atoms with Crippen LogP contribution < -0.4 is 11.1 Å². The Morgan fingerprint density at radius 3 is 2.68 bits per heavy atom. The molecule has 1 aromatic carbocycles. The minimum absolute atomic E-state index is 0.0821. The summed E-state index contributed by atoms with van der Waals surface area (Å²) in [4.78, 5) is 27.5. The summed E-state index contributed by atoms with van der Waals surface area (Å²) in [5.74, 6) is -0.614. The van der Waals surface area contributed by atoms with Gasteiger partial charge in [-0.05, 0) is 49.8 Å². The van der Waals surface area contributed by atoms with Gasteiger partial charge in [0.15, 0.2) is 0 Å². The van der Waals surface area contributed by atoms with E-state index in [2.05, 4.69) is 26.2 Å². The number of nitrogens with two attached hydrogens (primary N) is 1. The monoisotopic (exact) mass is 510 g/mol. The summed E-state index contributed by atoms with van der Waals surface area (Å²) in [6, 6.07) is 5.04. The van der Waals surface area contributed by atoms with Crippen molar-refractivity contribution in [1.82, 2.24) is 14.6 Å². The lowest BCUT2D eigenvalue weighted by atomic mass is 10.1. The van der Waals surface area contributed by atoms with Crippen LogP contribution in [0.2, 0.25) is 0 Å². The number of aromatic amines is 1. The molecular weight excluding hydrogens is 488 g/mol. The zero-order valence-electron chi connectivity index (χ0n) is 16.7. The molecule has 0 spiro atoms. The molecule has 11 heteroatoms. The minimum atomic E-state index is -4.12. The normalized spacial score (nSPS) is 23.6. The Kier molecular flexibility index (Phi) is 4.92. The number of morpholine rings is 1.